The Kier molecular flexibility index (Phi) is 7.12. The summed E-state index contributed by atoms with van der Waals surface area (Å²) in [6.07, 6.45) is 0. The van der Waals surface area contributed by atoms with Crippen molar-refractivity contribution < 1.29 is 18.9 Å². The summed E-state index contributed by atoms with van der Waals surface area (Å²) in [4.78, 5) is 24.9. The fourth-order valence-corrected chi connectivity index (χ4v) is 2.70. The molecule has 0 fully saturated rings. The zero-order valence-corrected chi connectivity index (χ0v) is 15.4. The van der Waals surface area contributed by atoms with Crippen molar-refractivity contribution in [2.45, 2.75) is 13.0 Å². The first-order valence-corrected chi connectivity index (χ1v) is 8.63. The molecule has 2 amide bonds. The Morgan fingerprint density at radius 2 is 1.77 bits per heavy atom. The van der Waals surface area contributed by atoms with Gasteiger partial charge in [-0.3, -0.25) is 9.59 Å². The van der Waals surface area contributed by atoms with Gasteiger partial charge in [-0.05, 0) is 48.9 Å². The quantitative estimate of drug-likeness (QED) is 0.688. The van der Waals surface area contributed by atoms with Crippen molar-refractivity contribution in [3.05, 3.63) is 64.9 Å². The molecule has 3 N–H and O–H groups in total. The Morgan fingerprint density at radius 1 is 1.12 bits per heavy atom. The lowest BCUT2D eigenvalue weighted by atomic mass is 10.1. The maximum atomic E-state index is 12.9. The number of rotatable bonds is 7. The molecule has 0 aliphatic heterocycles. The molecule has 0 heterocycles. The molecule has 0 aromatic heterocycles. The average Bonchev–Trinajstić information content (AvgIpc) is 2.56. The summed E-state index contributed by atoms with van der Waals surface area (Å²) >= 11 is 5.96. The highest BCUT2D eigenvalue weighted by atomic mass is 35.5. The molecule has 2 aromatic rings. The van der Waals surface area contributed by atoms with Gasteiger partial charge in [-0.15, -0.1) is 0 Å². The number of carbonyl (C=O) groups excluding carboxylic acids is 2. The SMILES string of the molecule is C[C@@H](NC(=O)C[NH+](C)CC(=O)Nc1ccc(F)cc1)c1cccc(Cl)c1. The minimum absolute atomic E-state index is 0.121. The number of likely N-dealkylation sites (N-methyl/N-ethyl adjacent to an activating group) is 1. The van der Waals surface area contributed by atoms with E-state index in [1.165, 1.54) is 24.3 Å². The number of halogens is 2. The summed E-state index contributed by atoms with van der Waals surface area (Å²) in [5.41, 5.74) is 1.43. The van der Waals surface area contributed by atoms with E-state index in [1.807, 2.05) is 19.1 Å². The van der Waals surface area contributed by atoms with Crippen LogP contribution in [-0.4, -0.2) is 32.0 Å². The summed E-state index contributed by atoms with van der Waals surface area (Å²) in [6, 6.07) is 12.6. The molecule has 2 atom stereocenters. The lowest BCUT2D eigenvalue weighted by Gasteiger charge is -2.17. The Hall–Kier alpha value is -2.44. The fourth-order valence-electron chi connectivity index (χ4n) is 2.50. The maximum Gasteiger partial charge on any atom is 0.279 e. The number of benzene rings is 2. The van der Waals surface area contributed by atoms with E-state index in [9.17, 15) is 14.0 Å². The molecule has 7 heteroatoms. The topological polar surface area (TPSA) is 62.6 Å². The first-order valence-electron chi connectivity index (χ1n) is 8.25. The number of quaternary nitrogens is 1. The minimum atomic E-state index is -0.365. The summed E-state index contributed by atoms with van der Waals surface area (Å²) in [7, 11) is 1.76. The van der Waals surface area contributed by atoms with Gasteiger partial charge in [0.05, 0.1) is 13.1 Å². The number of nitrogens with one attached hydrogen (secondary N) is 3. The monoisotopic (exact) mass is 378 g/mol. The second kappa shape index (κ2) is 9.31. The highest BCUT2D eigenvalue weighted by molar-refractivity contribution is 6.30. The van der Waals surface area contributed by atoms with Gasteiger partial charge in [0.15, 0.2) is 13.1 Å². The van der Waals surface area contributed by atoms with Crippen LogP contribution >= 0.6 is 11.6 Å². The smallest absolute Gasteiger partial charge is 0.279 e. The van der Waals surface area contributed by atoms with Crippen molar-refractivity contribution in [3.8, 4) is 0 Å². The first kappa shape index (κ1) is 19.9. The molecular formula is C19H22ClFN3O2+. The zero-order chi connectivity index (χ0) is 19.1. The highest BCUT2D eigenvalue weighted by Crippen LogP contribution is 2.17. The Bertz CT molecular complexity index is 768. The second-order valence-electron chi connectivity index (χ2n) is 6.21. The summed E-state index contributed by atoms with van der Waals surface area (Å²) < 4.78 is 12.9. The molecule has 0 spiro atoms. The van der Waals surface area contributed by atoms with Crippen molar-refractivity contribution in [2.75, 3.05) is 25.5 Å². The van der Waals surface area contributed by atoms with E-state index in [0.717, 1.165) is 10.5 Å². The first-order chi connectivity index (χ1) is 12.3. The number of hydrogen-bond acceptors (Lipinski definition) is 2. The second-order valence-corrected chi connectivity index (χ2v) is 6.65. The molecule has 0 aliphatic rings. The van der Waals surface area contributed by atoms with Crippen molar-refractivity contribution in [3.63, 3.8) is 0 Å². The molecule has 0 aliphatic carbocycles. The fraction of sp³-hybridized carbons (Fsp3) is 0.263. The van der Waals surface area contributed by atoms with Crippen molar-refractivity contribution in [1.82, 2.24) is 5.32 Å². The molecule has 2 aromatic carbocycles. The average molecular weight is 379 g/mol. The maximum absolute atomic E-state index is 12.9. The van der Waals surface area contributed by atoms with Crippen LogP contribution in [0.15, 0.2) is 48.5 Å². The molecular weight excluding hydrogens is 357 g/mol. The predicted octanol–water partition coefficient (Wildman–Crippen LogP) is 1.81. The van der Waals surface area contributed by atoms with Gasteiger partial charge in [0.1, 0.15) is 5.82 Å². The van der Waals surface area contributed by atoms with Crippen LogP contribution in [0.5, 0.6) is 0 Å². The number of amides is 2. The van der Waals surface area contributed by atoms with Crippen molar-refractivity contribution in [2.24, 2.45) is 0 Å². The van der Waals surface area contributed by atoms with E-state index in [4.69, 9.17) is 11.6 Å². The summed E-state index contributed by atoms with van der Waals surface area (Å²) in [6.45, 7) is 2.15. The summed E-state index contributed by atoms with van der Waals surface area (Å²) in [5, 5.41) is 6.18. The van der Waals surface area contributed by atoms with Crippen LogP contribution in [0.1, 0.15) is 18.5 Å². The number of carbonyl (C=O) groups is 2. The van der Waals surface area contributed by atoms with Gasteiger partial charge in [-0.2, -0.15) is 0 Å². The van der Waals surface area contributed by atoms with Crippen LogP contribution in [0.3, 0.4) is 0 Å². The van der Waals surface area contributed by atoms with Gasteiger partial charge in [-0.1, -0.05) is 23.7 Å². The molecule has 2 rings (SSSR count). The Balaban J connectivity index is 1.79. The number of anilines is 1. The van der Waals surface area contributed by atoms with Gasteiger partial charge in [0.25, 0.3) is 11.8 Å². The van der Waals surface area contributed by atoms with Crippen LogP contribution in [0.4, 0.5) is 10.1 Å². The third kappa shape index (κ3) is 6.46. The van der Waals surface area contributed by atoms with Gasteiger partial charge < -0.3 is 15.5 Å². The van der Waals surface area contributed by atoms with Gasteiger partial charge in [-0.25, -0.2) is 4.39 Å². The van der Waals surface area contributed by atoms with E-state index >= 15 is 0 Å². The lowest BCUT2D eigenvalue weighted by molar-refractivity contribution is -0.862. The standard InChI is InChI=1S/C19H21ClFN3O2/c1-13(14-4-3-5-15(20)10-14)22-18(25)11-24(2)12-19(26)23-17-8-6-16(21)7-9-17/h3-10,13H,11-12H2,1-2H3,(H,22,25)(H,23,26)/p+1/t13-/m1/s1. The van der Waals surface area contributed by atoms with E-state index in [0.29, 0.717) is 10.7 Å². The van der Waals surface area contributed by atoms with Crippen molar-refractivity contribution in [1.29, 1.82) is 0 Å². The number of hydrogen-bond donors (Lipinski definition) is 3. The van der Waals surface area contributed by atoms with Crippen LogP contribution in [0, 0.1) is 5.82 Å². The van der Waals surface area contributed by atoms with E-state index in [1.54, 1.807) is 19.2 Å². The molecule has 0 saturated heterocycles. The predicted molar refractivity (Wildman–Crippen MR) is 99.7 cm³/mol. The van der Waals surface area contributed by atoms with Gasteiger partial charge in [0.2, 0.25) is 0 Å². The van der Waals surface area contributed by atoms with Crippen molar-refractivity contribution >= 4 is 29.1 Å². The van der Waals surface area contributed by atoms with Crippen LogP contribution in [0.2, 0.25) is 5.02 Å². The summed E-state index contributed by atoms with van der Waals surface area (Å²) in [5.74, 6) is -0.773. The van der Waals surface area contributed by atoms with Gasteiger partial charge >= 0.3 is 0 Å². The Morgan fingerprint density at radius 3 is 2.42 bits per heavy atom. The highest BCUT2D eigenvalue weighted by Gasteiger charge is 2.16. The third-order valence-corrected chi connectivity index (χ3v) is 4.01. The molecule has 5 nitrogen and oxygen atoms in total. The van der Waals surface area contributed by atoms with Crippen LogP contribution in [0.25, 0.3) is 0 Å². The molecule has 26 heavy (non-hydrogen) atoms. The minimum Gasteiger partial charge on any atom is -0.345 e. The van der Waals surface area contributed by atoms with Crippen LogP contribution < -0.4 is 15.5 Å². The molecule has 0 bridgehead atoms. The van der Waals surface area contributed by atoms with Gasteiger partial charge in [0, 0.05) is 10.7 Å². The van der Waals surface area contributed by atoms with E-state index < -0.39 is 0 Å². The Labute approximate surface area is 157 Å². The third-order valence-electron chi connectivity index (χ3n) is 3.78. The zero-order valence-electron chi connectivity index (χ0n) is 14.7. The molecule has 0 saturated carbocycles. The normalized spacial score (nSPS) is 12.9. The van der Waals surface area contributed by atoms with Crippen LogP contribution in [-0.2, 0) is 9.59 Å². The molecule has 0 radical (unpaired) electrons. The molecule has 138 valence electrons. The largest absolute Gasteiger partial charge is 0.345 e. The molecule has 1 unspecified atom stereocenters. The lowest BCUT2D eigenvalue weighted by Crippen LogP contribution is -3.11. The van der Waals surface area contributed by atoms with E-state index in [-0.39, 0.29) is 36.8 Å². The van der Waals surface area contributed by atoms with E-state index in [2.05, 4.69) is 10.6 Å².